The predicted molar refractivity (Wildman–Crippen MR) is 91.2 cm³/mol. The lowest BCUT2D eigenvalue weighted by Crippen LogP contribution is -2.29. The van der Waals surface area contributed by atoms with Gasteiger partial charge in [0.2, 0.25) is 0 Å². The van der Waals surface area contributed by atoms with Crippen LogP contribution in [0.3, 0.4) is 0 Å². The third-order valence-corrected chi connectivity index (χ3v) is 4.98. The van der Waals surface area contributed by atoms with Crippen LogP contribution in [0.25, 0.3) is 4.91 Å². The number of hydrogen-bond acceptors (Lipinski definition) is 6. The molecule has 0 saturated heterocycles. The molecule has 1 atom stereocenters. The lowest BCUT2D eigenvalue weighted by Gasteiger charge is -2.14. The number of allylic oxidation sites excluding steroid dienone is 1. The highest BCUT2D eigenvalue weighted by atomic mass is 32.2. The summed E-state index contributed by atoms with van der Waals surface area (Å²) >= 11 is 3.10. The van der Waals surface area contributed by atoms with Gasteiger partial charge in [-0.3, -0.25) is 9.89 Å². The summed E-state index contributed by atoms with van der Waals surface area (Å²) in [5, 5.41) is 10.2. The van der Waals surface area contributed by atoms with Crippen molar-refractivity contribution in [2.45, 2.75) is 12.5 Å². The van der Waals surface area contributed by atoms with Crippen LogP contribution in [0.15, 0.2) is 28.7 Å². The van der Waals surface area contributed by atoms with Gasteiger partial charge in [-0.05, 0) is 31.9 Å². The number of carbonyl (C=O) groups is 1. The SMILES string of the molecule is CNC(C/C=C(/S/C(=C/C=O)SC)c1ccn[nH]1)COC. The third-order valence-electron chi connectivity index (χ3n) is 2.75. The summed E-state index contributed by atoms with van der Waals surface area (Å²) in [7, 11) is 3.61. The van der Waals surface area contributed by atoms with Crippen molar-refractivity contribution in [2.75, 3.05) is 27.0 Å². The van der Waals surface area contributed by atoms with Crippen molar-refractivity contribution in [1.82, 2.24) is 15.5 Å². The fourth-order valence-electron chi connectivity index (χ4n) is 1.63. The summed E-state index contributed by atoms with van der Waals surface area (Å²) in [6, 6.07) is 2.17. The van der Waals surface area contributed by atoms with Crippen molar-refractivity contribution < 1.29 is 9.53 Å². The second kappa shape index (κ2) is 10.7. The molecule has 0 aliphatic heterocycles. The maximum absolute atomic E-state index is 10.7. The number of hydrogen-bond donors (Lipinski definition) is 2. The molecular formula is C14H21N3O2S2. The highest BCUT2D eigenvalue weighted by Gasteiger charge is 2.10. The van der Waals surface area contributed by atoms with Crippen molar-refractivity contribution in [3.8, 4) is 0 Å². The first-order valence-electron chi connectivity index (χ1n) is 6.48. The van der Waals surface area contributed by atoms with Gasteiger partial charge in [0.1, 0.15) is 6.29 Å². The number of H-pyrrole nitrogens is 1. The van der Waals surface area contributed by atoms with Gasteiger partial charge >= 0.3 is 0 Å². The number of likely N-dealkylation sites (N-methyl/N-ethyl adjacent to an activating group) is 1. The molecule has 2 N–H and O–H groups in total. The van der Waals surface area contributed by atoms with Crippen molar-refractivity contribution in [3.63, 3.8) is 0 Å². The Labute approximate surface area is 134 Å². The molecule has 0 bridgehead atoms. The maximum Gasteiger partial charge on any atom is 0.144 e. The van der Waals surface area contributed by atoms with E-state index in [2.05, 4.69) is 21.6 Å². The zero-order valence-electron chi connectivity index (χ0n) is 12.5. The van der Waals surface area contributed by atoms with Crippen LogP contribution in [0.4, 0.5) is 0 Å². The molecule has 0 aromatic carbocycles. The number of nitrogens with one attached hydrogen (secondary N) is 2. The molecule has 1 rings (SSSR count). The Balaban J connectivity index is 2.87. The molecule has 5 nitrogen and oxygen atoms in total. The number of nitrogens with zero attached hydrogens (tertiary/aromatic N) is 1. The van der Waals surface area contributed by atoms with Crippen LogP contribution in [0.5, 0.6) is 0 Å². The van der Waals surface area contributed by atoms with E-state index in [1.54, 1.807) is 42.9 Å². The Bertz CT molecular complexity index is 473. The molecule has 0 spiro atoms. The van der Waals surface area contributed by atoms with E-state index < -0.39 is 0 Å². The van der Waals surface area contributed by atoms with Gasteiger partial charge in [-0.15, -0.1) is 11.8 Å². The maximum atomic E-state index is 10.7. The highest BCUT2D eigenvalue weighted by Crippen LogP contribution is 2.37. The molecule has 0 amide bonds. The fraction of sp³-hybridized carbons (Fsp3) is 0.429. The molecule has 1 unspecified atom stereocenters. The minimum atomic E-state index is 0.251. The molecule has 0 radical (unpaired) electrons. The van der Waals surface area contributed by atoms with E-state index >= 15 is 0 Å². The van der Waals surface area contributed by atoms with Crippen molar-refractivity contribution in [3.05, 3.63) is 34.3 Å². The van der Waals surface area contributed by atoms with Crippen molar-refractivity contribution in [2.24, 2.45) is 0 Å². The van der Waals surface area contributed by atoms with Gasteiger partial charge in [-0.2, -0.15) is 5.10 Å². The summed E-state index contributed by atoms with van der Waals surface area (Å²) in [5.74, 6) is 0. The van der Waals surface area contributed by atoms with Gasteiger partial charge in [-0.1, -0.05) is 17.8 Å². The van der Waals surface area contributed by atoms with Gasteiger partial charge in [0, 0.05) is 28.5 Å². The summed E-state index contributed by atoms with van der Waals surface area (Å²) in [5.41, 5.74) is 0.943. The lowest BCUT2D eigenvalue weighted by molar-refractivity contribution is -0.104. The molecule has 0 aliphatic carbocycles. The van der Waals surface area contributed by atoms with Gasteiger partial charge in [0.25, 0.3) is 0 Å². The second-order valence-electron chi connectivity index (χ2n) is 4.14. The number of rotatable bonds is 10. The molecule has 7 heteroatoms. The van der Waals surface area contributed by atoms with E-state index in [-0.39, 0.29) is 6.04 Å². The third kappa shape index (κ3) is 6.52. The molecule has 0 fully saturated rings. The fourth-order valence-corrected chi connectivity index (χ4v) is 3.16. The number of aromatic amines is 1. The largest absolute Gasteiger partial charge is 0.383 e. The number of methoxy groups -OCH3 is 1. The number of aromatic nitrogens is 2. The standard InChI is InChI=1S/C14H21N3O2S2/c1-15-11(10-19-2)4-5-13(12-6-8-16-17-12)21-14(20-3)7-9-18/h5-9,11,15H,4,10H2,1-3H3,(H,16,17)/b13-5+,14-7+. The normalized spacial score (nSPS) is 14.2. The molecule has 0 saturated carbocycles. The Morgan fingerprint density at radius 2 is 2.43 bits per heavy atom. The topological polar surface area (TPSA) is 67.0 Å². The smallest absolute Gasteiger partial charge is 0.144 e. The number of carbonyl (C=O) groups excluding carboxylic acids is 1. The van der Waals surface area contributed by atoms with E-state index in [0.717, 1.165) is 27.5 Å². The Morgan fingerprint density at radius 3 is 2.95 bits per heavy atom. The van der Waals surface area contributed by atoms with Crippen LogP contribution in [0.2, 0.25) is 0 Å². The zero-order chi connectivity index (χ0) is 15.5. The van der Waals surface area contributed by atoms with E-state index in [9.17, 15) is 4.79 Å². The minimum Gasteiger partial charge on any atom is -0.383 e. The zero-order valence-corrected chi connectivity index (χ0v) is 14.1. The minimum absolute atomic E-state index is 0.251. The van der Waals surface area contributed by atoms with Gasteiger partial charge in [0.05, 0.1) is 12.3 Å². The predicted octanol–water partition coefficient (Wildman–Crippen LogP) is 2.51. The van der Waals surface area contributed by atoms with Crippen LogP contribution in [-0.2, 0) is 9.53 Å². The van der Waals surface area contributed by atoms with Crippen LogP contribution in [-0.4, -0.2) is 49.5 Å². The van der Waals surface area contributed by atoms with Crippen LogP contribution >= 0.6 is 23.5 Å². The number of thioether (sulfide) groups is 2. The summed E-state index contributed by atoms with van der Waals surface area (Å²) < 4.78 is 6.12. The molecular weight excluding hydrogens is 306 g/mol. The molecule has 21 heavy (non-hydrogen) atoms. The molecule has 1 aromatic rings. The summed E-state index contributed by atoms with van der Waals surface area (Å²) in [6.07, 6.45) is 9.02. The average molecular weight is 327 g/mol. The first-order chi connectivity index (χ1) is 10.2. The Morgan fingerprint density at radius 1 is 1.62 bits per heavy atom. The quantitative estimate of drug-likeness (QED) is 0.508. The van der Waals surface area contributed by atoms with E-state index in [0.29, 0.717) is 6.61 Å². The van der Waals surface area contributed by atoms with Crippen molar-refractivity contribution in [1.29, 1.82) is 0 Å². The number of aldehydes is 1. The van der Waals surface area contributed by atoms with Crippen LogP contribution in [0, 0.1) is 0 Å². The summed E-state index contributed by atoms with van der Waals surface area (Å²) in [6.45, 7) is 0.646. The van der Waals surface area contributed by atoms with E-state index in [1.165, 1.54) is 0 Å². The number of ether oxygens (including phenoxy) is 1. The van der Waals surface area contributed by atoms with E-state index in [4.69, 9.17) is 4.74 Å². The lowest BCUT2D eigenvalue weighted by atomic mass is 10.2. The average Bonchev–Trinajstić information content (AvgIpc) is 3.03. The first kappa shape index (κ1) is 18.0. The van der Waals surface area contributed by atoms with Crippen LogP contribution < -0.4 is 5.32 Å². The van der Waals surface area contributed by atoms with Crippen molar-refractivity contribution >= 4 is 34.7 Å². The van der Waals surface area contributed by atoms with E-state index in [1.807, 2.05) is 19.4 Å². The molecule has 116 valence electrons. The molecule has 1 heterocycles. The highest BCUT2D eigenvalue weighted by molar-refractivity contribution is 8.26. The second-order valence-corrected chi connectivity index (χ2v) is 6.33. The summed E-state index contributed by atoms with van der Waals surface area (Å²) in [4.78, 5) is 11.7. The van der Waals surface area contributed by atoms with Crippen LogP contribution in [0.1, 0.15) is 12.1 Å². The van der Waals surface area contributed by atoms with Gasteiger partial charge < -0.3 is 10.1 Å². The Kier molecular flexibility index (Phi) is 9.16. The monoisotopic (exact) mass is 327 g/mol. The molecule has 1 aromatic heterocycles. The Hall–Kier alpha value is -1.02. The van der Waals surface area contributed by atoms with Gasteiger partial charge in [0.15, 0.2) is 0 Å². The first-order valence-corrected chi connectivity index (χ1v) is 8.52. The molecule has 0 aliphatic rings. The van der Waals surface area contributed by atoms with Gasteiger partial charge in [-0.25, -0.2) is 0 Å².